The lowest BCUT2D eigenvalue weighted by Crippen LogP contribution is -2.34. The molecular weight excluding hydrogens is 190 g/mol. The topological polar surface area (TPSA) is 49.3 Å². The Morgan fingerprint density at radius 2 is 1.93 bits per heavy atom. The molecule has 0 aromatic heterocycles. The summed E-state index contributed by atoms with van der Waals surface area (Å²) in [6.45, 7) is 3.84. The van der Waals surface area contributed by atoms with Gasteiger partial charge in [0.25, 0.3) is 0 Å². The van der Waals surface area contributed by atoms with Crippen LogP contribution in [0.5, 0.6) is 0 Å². The van der Waals surface area contributed by atoms with Crippen LogP contribution in [0.25, 0.3) is 0 Å². The fraction of sp³-hybridized carbons (Fsp3) is 0.417. The van der Waals surface area contributed by atoms with E-state index in [4.69, 9.17) is 0 Å². The number of hydrogen-bond donors (Lipinski definition) is 2. The molecule has 0 spiro atoms. The Balaban J connectivity index is 2.41. The monoisotopic (exact) mass is 207 g/mol. The first-order chi connectivity index (χ1) is 7.11. The van der Waals surface area contributed by atoms with E-state index in [0.717, 1.165) is 5.56 Å². The standard InChI is InChI=1S/C12H17NO2/c1-9(10(2)14)12(15)13-8-11-6-4-3-5-7-11/h3-7,9-10,14H,8H2,1-2H3,(H,13,15)/t9-,10+/m0/s1. The Hall–Kier alpha value is -1.35. The van der Waals surface area contributed by atoms with E-state index in [9.17, 15) is 9.90 Å². The Bertz CT molecular complexity index is 309. The third-order valence-corrected chi connectivity index (χ3v) is 2.45. The van der Waals surface area contributed by atoms with Crippen molar-refractivity contribution in [3.8, 4) is 0 Å². The van der Waals surface area contributed by atoms with E-state index < -0.39 is 6.10 Å². The lowest BCUT2D eigenvalue weighted by molar-refractivity contribution is -0.127. The number of nitrogens with one attached hydrogen (secondary N) is 1. The first-order valence-corrected chi connectivity index (χ1v) is 5.11. The molecule has 0 unspecified atom stereocenters. The van der Waals surface area contributed by atoms with Crippen LogP contribution in [0, 0.1) is 5.92 Å². The van der Waals surface area contributed by atoms with E-state index >= 15 is 0 Å². The molecular formula is C12H17NO2. The van der Waals surface area contributed by atoms with E-state index in [1.54, 1.807) is 13.8 Å². The van der Waals surface area contributed by atoms with Crippen molar-refractivity contribution in [3.05, 3.63) is 35.9 Å². The quantitative estimate of drug-likeness (QED) is 0.782. The van der Waals surface area contributed by atoms with Gasteiger partial charge >= 0.3 is 0 Å². The number of hydrogen-bond acceptors (Lipinski definition) is 2. The van der Waals surface area contributed by atoms with Crippen LogP contribution >= 0.6 is 0 Å². The zero-order chi connectivity index (χ0) is 11.3. The molecule has 3 heteroatoms. The second-order valence-corrected chi connectivity index (χ2v) is 3.73. The molecule has 0 aliphatic rings. The number of carbonyl (C=O) groups is 1. The molecule has 0 aliphatic heterocycles. The fourth-order valence-electron chi connectivity index (χ4n) is 1.17. The van der Waals surface area contributed by atoms with E-state index in [2.05, 4.69) is 5.32 Å². The summed E-state index contributed by atoms with van der Waals surface area (Å²) in [5, 5.41) is 12.0. The van der Waals surface area contributed by atoms with Crippen molar-refractivity contribution >= 4 is 5.91 Å². The Morgan fingerprint density at radius 1 is 1.33 bits per heavy atom. The van der Waals surface area contributed by atoms with Gasteiger partial charge in [0.15, 0.2) is 0 Å². The number of rotatable bonds is 4. The Morgan fingerprint density at radius 3 is 2.47 bits per heavy atom. The number of aliphatic hydroxyl groups excluding tert-OH is 1. The normalized spacial score (nSPS) is 14.3. The van der Waals surface area contributed by atoms with E-state index in [1.165, 1.54) is 0 Å². The Labute approximate surface area is 90.1 Å². The maximum atomic E-state index is 11.5. The number of aliphatic hydroxyl groups is 1. The largest absolute Gasteiger partial charge is 0.393 e. The smallest absolute Gasteiger partial charge is 0.225 e. The molecule has 0 aliphatic carbocycles. The highest BCUT2D eigenvalue weighted by molar-refractivity contribution is 5.78. The van der Waals surface area contributed by atoms with Crippen LogP contribution in [0.3, 0.4) is 0 Å². The van der Waals surface area contributed by atoms with Gasteiger partial charge in [0.1, 0.15) is 0 Å². The molecule has 2 atom stereocenters. The minimum absolute atomic E-state index is 0.117. The highest BCUT2D eigenvalue weighted by Crippen LogP contribution is 2.03. The fourth-order valence-corrected chi connectivity index (χ4v) is 1.17. The molecule has 0 saturated carbocycles. The van der Waals surface area contributed by atoms with Gasteiger partial charge in [-0.25, -0.2) is 0 Å². The third-order valence-electron chi connectivity index (χ3n) is 2.45. The number of benzene rings is 1. The highest BCUT2D eigenvalue weighted by atomic mass is 16.3. The minimum Gasteiger partial charge on any atom is -0.393 e. The molecule has 1 amide bonds. The van der Waals surface area contributed by atoms with Gasteiger partial charge in [0.2, 0.25) is 5.91 Å². The van der Waals surface area contributed by atoms with Crippen LogP contribution in [-0.2, 0) is 11.3 Å². The van der Waals surface area contributed by atoms with Crippen LogP contribution < -0.4 is 5.32 Å². The first-order valence-electron chi connectivity index (χ1n) is 5.11. The molecule has 82 valence electrons. The van der Waals surface area contributed by atoms with Crippen molar-refractivity contribution in [3.63, 3.8) is 0 Å². The second kappa shape index (κ2) is 5.51. The van der Waals surface area contributed by atoms with Gasteiger partial charge < -0.3 is 10.4 Å². The van der Waals surface area contributed by atoms with E-state index in [1.807, 2.05) is 30.3 Å². The van der Waals surface area contributed by atoms with Gasteiger partial charge in [-0.2, -0.15) is 0 Å². The van der Waals surface area contributed by atoms with Gasteiger partial charge in [-0.1, -0.05) is 37.3 Å². The molecule has 0 saturated heterocycles. The summed E-state index contributed by atoms with van der Waals surface area (Å²) in [5.41, 5.74) is 1.06. The molecule has 3 nitrogen and oxygen atoms in total. The maximum absolute atomic E-state index is 11.5. The summed E-state index contributed by atoms with van der Waals surface area (Å²) in [4.78, 5) is 11.5. The summed E-state index contributed by atoms with van der Waals surface area (Å²) in [7, 11) is 0. The van der Waals surface area contributed by atoms with Crippen LogP contribution in [0.4, 0.5) is 0 Å². The van der Waals surface area contributed by atoms with Crippen LogP contribution in [0.2, 0.25) is 0 Å². The zero-order valence-electron chi connectivity index (χ0n) is 9.10. The number of amides is 1. The van der Waals surface area contributed by atoms with Gasteiger partial charge in [-0.3, -0.25) is 4.79 Å². The van der Waals surface area contributed by atoms with Gasteiger partial charge in [0.05, 0.1) is 12.0 Å². The lowest BCUT2D eigenvalue weighted by Gasteiger charge is -2.14. The average molecular weight is 207 g/mol. The predicted molar refractivity (Wildman–Crippen MR) is 59.1 cm³/mol. The van der Waals surface area contributed by atoms with E-state index in [0.29, 0.717) is 6.54 Å². The van der Waals surface area contributed by atoms with Gasteiger partial charge in [-0.15, -0.1) is 0 Å². The van der Waals surface area contributed by atoms with Crippen LogP contribution in [0.15, 0.2) is 30.3 Å². The second-order valence-electron chi connectivity index (χ2n) is 3.73. The summed E-state index contributed by atoms with van der Waals surface area (Å²) < 4.78 is 0. The molecule has 2 N–H and O–H groups in total. The average Bonchev–Trinajstić information content (AvgIpc) is 2.26. The van der Waals surface area contributed by atoms with Crippen molar-refractivity contribution in [2.45, 2.75) is 26.5 Å². The molecule has 0 bridgehead atoms. The molecule has 0 heterocycles. The Kier molecular flexibility index (Phi) is 4.31. The van der Waals surface area contributed by atoms with Crippen molar-refractivity contribution in [1.82, 2.24) is 5.32 Å². The van der Waals surface area contributed by atoms with Crippen molar-refractivity contribution < 1.29 is 9.90 Å². The molecule has 0 fully saturated rings. The van der Waals surface area contributed by atoms with Crippen molar-refractivity contribution in [1.29, 1.82) is 0 Å². The highest BCUT2D eigenvalue weighted by Gasteiger charge is 2.17. The SMILES string of the molecule is C[C@H](C(=O)NCc1ccccc1)[C@@H](C)O. The minimum atomic E-state index is -0.610. The van der Waals surface area contributed by atoms with Crippen LogP contribution in [0.1, 0.15) is 19.4 Å². The summed E-state index contributed by atoms with van der Waals surface area (Å²) in [6, 6.07) is 9.70. The molecule has 0 radical (unpaired) electrons. The van der Waals surface area contributed by atoms with Gasteiger partial charge in [-0.05, 0) is 12.5 Å². The third kappa shape index (κ3) is 3.72. The zero-order valence-corrected chi connectivity index (χ0v) is 9.10. The lowest BCUT2D eigenvalue weighted by atomic mass is 10.1. The van der Waals surface area contributed by atoms with Crippen molar-refractivity contribution in [2.75, 3.05) is 0 Å². The molecule has 1 rings (SSSR count). The van der Waals surface area contributed by atoms with Crippen LogP contribution in [-0.4, -0.2) is 17.1 Å². The summed E-state index contributed by atoms with van der Waals surface area (Å²) in [6.07, 6.45) is -0.610. The predicted octanol–water partition coefficient (Wildman–Crippen LogP) is 1.32. The summed E-state index contributed by atoms with van der Waals surface area (Å²) in [5.74, 6) is -0.484. The molecule has 15 heavy (non-hydrogen) atoms. The number of carbonyl (C=O) groups excluding carboxylic acids is 1. The van der Waals surface area contributed by atoms with E-state index in [-0.39, 0.29) is 11.8 Å². The summed E-state index contributed by atoms with van der Waals surface area (Å²) >= 11 is 0. The molecule has 1 aromatic rings. The first kappa shape index (κ1) is 11.7. The van der Waals surface area contributed by atoms with Gasteiger partial charge in [0, 0.05) is 6.54 Å². The maximum Gasteiger partial charge on any atom is 0.225 e. The van der Waals surface area contributed by atoms with Crippen molar-refractivity contribution in [2.24, 2.45) is 5.92 Å². The molecule has 1 aromatic carbocycles.